The van der Waals surface area contributed by atoms with Crippen molar-refractivity contribution in [1.29, 1.82) is 0 Å². The first kappa shape index (κ1) is 13.3. The summed E-state index contributed by atoms with van der Waals surface area (Å²) in [4.78, 5) is 23.6. The standard InChI is InChI=1S/C15H18N2O2/c1-9-8-15(2,3)17-12-10(9)6-5-7-11(12)13(18)14(19)16-4/h5-8,17H,1-4H3,(H,16,19). The molecule has 0 radical (unpaired) electrons. The van der Waals surface area contributed by atoms with E-state index < -0.39 is 11.7 Å². The van der Waals surface area contributed by atoms with Crippen LogP contribution in [0.3, 0.4) is 0 Å². The van der Waals surface area contributed by atoms with Gasteiger partial charge >= 0.3 is 0 Å². The van der Waals surface area contributed by atoms with Crippen LogP contribution in [0, 0.1) is 0 Å². The summed E-state index contributed by atoms with van der Waals surface area (Å²) < 4.78 is 0. The lowest BCUT2D eigenvalue weighted by atomic mass is 9.88. The summed E-state index contributed by atoms with van der Waals surface area (Å²) in [5, 5.41) is 5.69. The summed E-state index contributed by atoms with van der Waals surface area (Å²) in [5.41, 5.74) is 2.98. The fourth-order valence-electron chi connectivity index (χ4n) is 2.42. The minimum absolute atomic E-state index is 0.240. The quantitative estimate of drug-likeness (QED) is 0.631. The molecule has 1 aliphatic rings. The molecule has 0 spiro atoms. The Labute approximate surface area is 112 Å². The number of fused-ring (bicyclic) bond motifs is 1. The van der Waals surface area contributed by atoms with E-state index in [4.69, 9.17) is 0 Å². The molecule has 1 amide bonds. The monoisotopic (exact) mass is 258 g/mol. The predicted octanol–water partition coefficient (Wildman–Crippen LogP) is 2.22. The van der Waals surface area contributed by atoms with Crippen molar-refractivity contribution in [3.63, 3.8) is 0 Å². The number of carbonyl (C=O) groups excluding carboxylic acids is 2. The number of benzene rings is 1. The van der Waals surface area contributed by atoms with Crippen molar-refractivity contribution in [1.82, 2.24) is 5.32 Å². The summed E-state index contributed by atoms with van der Waals surface area (Å²) in [6.07, 6.45) is 2.11. The second-order valence-corrected chi connectivity index (χ2v) is 5.31. The molecule has 1 aromatic carbocycles. The summed E-state index contributed by atoms with van der Waals surface area (Å²) in [7, 11) is 1.46. The SMILES string of the molecule is CNC(=O)C(=O)c1cccc2c1NC(C)(C)C=C2C. The first-order chi connectivity index (χ1) is 8.85. The number of likely N-dealkylation sites (N-methyl/N-ethyl adjacent to an activating group) is 1. The first-order valence-electron chi connectivity index (χ1n) is 6.23. The van der Waals surface area contributed by atoms with E-state index in [1.165, 1.54) is 7.05 Å². The number of rotatable bonds is 2. The molecule has 0 atom stereocenters. The molecule has 0 fully saturated rings. The molecule has 100 valence electrons. The molecule has 1 heterocycles. The zero-order chi connectivity index (χ0) is 14.2. The van der Waals surface area contributed by atoms with Crippen molar-refractivity contribution < 1.29 is 9.59 Å². The highest BCUT2D eigenvalue weighted by molar-refractivity contribution is 6.44. The van der Waals surface area contributed by atoms with Gasteiger partial charge in [0.1, 0.15) is 0 Å². The Bertz CT molecular complexity index is 586. The van der Waals surface area contributed by atoms with Gasteiger partial charge in [0, 0.05) is 12.6 Å². The zero-order valence-electron chi connectivity index (χ0n) is 11.6. The van der Waals surface area contributed by atoms with Crippen LogP contribution < -0.4 is 10.6 Å². The minimum atomic E-state index is -0.597. The molecular formula is C15H18N2O2. The van der Waals surface area contributed by atoms with Crippen molar-refractivity contribution >= 4 is 23.0 Å². The molecule has 0 unspecified atom stereocenters. The van der Waals surface area contributed by atoms with E-state index in [-0.39, 0.29) is 5.54 Å². The van der Waals surface area contributed by atoms with Crippen molar-refractivity contribution in [2.24, 2.45) is 0 Å². The third-order valence-corrected chi connectivity index (χ3v) is 3.19. The molecule has 0 saturated heterocycles. The lowest BCUT2D eigenvalue weighted by molar-refractivity contribution is -0.116. The van der Waals surface area contributed by atoms with Gasteiger partial charge in [0.2, 0.25) is 0 Å². The molecule has 1 aromatic rings. The molecule has 1 aliphatic heterocycles. The van der Waals surface area contributed by atoms with Crippen LogP contribution in [-0.4, -0.2) is 24.3 Å². The fraction of sp³-hybridized carbons (Fsp3) is 0.333. The highest BCUT2D eigenvalue weighted by Crippen LogP contribution is 2.35. The van der Waals surface area contributed by atoms with Crippen LogP contribution in [-0.2, 0) is 4.79 Å². The van der Waals surface area contributed by atoms with Gasteiger partial charge in [-0.05, 0) is 32.4 Å². The number of amides is 1. The van der Waals surface area contributed by atoms with Gasteiger partial charge in [-0.25, -0.2) is 0 Å². The predicted molar refractivity (Wildman–Crippen MR) is 76.2 cm³/mol. The summed E-state index contributed by atoms with van der Waals surface area (Å²) >= 11 is 0. The normalized spacial score (nSPS) is 15.9. The van der Waals surface area contributed by atoms with Crippen LogP contribution in [0.15, 0.2) is 24.3 Å². The second kappa shape index (κ2) is 4.53. The molecule has 0 saturated carbocycles. The second-order valence-electron chi connectivity index (χ2n) is 5.31. The first-order valence-corrected chi connectivity index (χ1v) is 6.23. The Morgan fingerprint density at radius 1 is 1.26 bits per heavy atom. The maximum absolute atomic E-state index is 12.1. The summed E-state index contributed by atoms with van der Waals surface area (Å²) in [6.45, 7) is 6.07. The molecule has 2 N–H and O–H groups in total. The van der Waals surface area contributed by atoms with Crippen LogP contribution >= 0.6 is 0 Å². The number of anilines is 1. The smallest absolute Gasteiger partial charge is 0.292 e. The summed E-state index contributed by atoms with van der Waals surface area (Å²) in [6, 6.07) is 5.43. The molecule has 19 heavy (non-hydrogen) atoms. The maximum atomic E-state index is 12.1. The highest BCUT2D eigenvalue weighted by atomic mass is 16.2. The zero-order valence-corrected chi connectivity index (χ0v) is 11.6. The molecule has 4 heteroatoms. The topological polar surface area (TPSA) is 58.2 Å². The van der Waals surface area contributed by atoms with Crippen molar-refractivity contribution in [2.75, 3.05) is 12.4 Å². The molecule has 2 rings (SSSR count). The third kappa shape index (κ3) is 2.38. The average Bonchev–Trinajstić information content (AvgIpc) is 2.35. The van der Waals surface area contributed by atoms with E-state index in [0.29, 0.717) is 5.56 Å². The molecular weight excluding hydrogens is 240 g/mol. The molecule has 0 aliphatic carbocycles. The van der Waals surface area contributed by atoms with Gasteiger partial charge in [-0.2, -0.15) is 0 Å². The Morgan fingerprint density at radius 3 is 2.58 bits per heavy atom. The van der Waals surface area contributed by atoms with Crippen LogP contribution in [0.2, 0.25) is 0 Å². The number of Topliss-reactive ketones (excluding diaryl/α,β-unsaturated/α-hetero) is 1. The van der Waals surface area contributed by atoms with Gasteiger partial charge in [-0.1, -0.05) is 18.2 Å². The van der Waals surface area contributed by atoms with Crippen molar-refractivity contribution in [3.8, 4) is 0 Å². The van der Waals surface area contributed by atoms with Crippen LogP contribution in [0.4, 0.5) is 5.69 Å². The van der Waals surface area contributed by atoms with Crippen LogP contribution in [0.5, 0.6) is 0 Å². The number of carbonyl (C=O) groups is 2. The van der Waals surface area contributed by atoms with Gasteiger partial charge in [-0.3, -0.25) is 9.59 Å². The van der Waals surface area contributed by atoms with Gasteiger partial charge in [-0.15, -0.1) is 0 Å². The van der Waals surface area contributed by atoms with Gasteiger partial charge in [0.25, 0.3) is 11.7 Å². The van der Waals surface area contributed by atoms with Crippen LogP contribution in [0.25, 0.3) is 5.57 Å². The average molecular weight is 258 g/mol. The summed E-state index contributed by atoms with van der Waals surface area (Å²) in [5.74, 6) is -1.11. The van der Waals surface area contributed by atoms with E-state index in [9.17, 15) is 9.59 Å². The Kier molecular flexibility index (Phi) is 3.18. The van der Waals surface area contributed by atoms with Gasteiger partial charge in [0.15, 0.2) is 0 Å². The van der Waals surface area contributed by atoms with E-state index in [0.717, 1.165) is 16.8 Å². The van der Waals surface area contributed by atoms with Crippen molar-refractivity contribution in [2.45, 2.75) is 26.3 Å². The minimum Gasteiger partial charge on any atom is -0.376 e. The maximum Gasteiger partial charge on any atom is 0.292 e. The lowest BCUT2D eigenvalue weighted by Gasteiger charge is -2.32. The Morgan fingerprint density at radius 2 is 1.95 bits per heavy atom. The fourth-order valence-corrected chi connectivity index (χ4v) is 2.42. The lowest BCUT2D eigenvalue weighted by Crippen LogP contribution is -2.34. The molecule has 4 nitrogen and oxygen atoms in total. The highest BCUT2D eigenvalue weighted by Gasteiger charge is 2.27. The molecule has 0 aromatic heterocycles. The Balaban J connectivity index is 2.57. The van der Waals surface area contributed by atoms with E-state index in [1.807, 2.05) is 26.8 Å². The Hall–Kier alpha value is -2.10. The van der Waals surface area contributed by atoms with Gasteiger partial charge in [0.05, 0.1) is 16.8 Å². The number of allylic oxidation sites excluding steroid dienone is 1. The van der Waals surface area contributed by atoms with Crippen LogP contribution in [0.1, 0.15) is 36.7 Å². The molecule has 0 bridgehead atoms. The number of hydrogen-bond donors (Lipinski definition) is 2. The number of nitrogens with one attached hydrogen (secondary N) is 2. The number of hydrogen-bond acceptors (Lipinski definition) is 3. The number of para-hydroxylation sites is 1. The van der Waals surface area contributed by atoms with Crippen molar-refractivity contribution in [3.05, 3.63) is 35.4 Å². The third-order valence-electron chi connectivity index (χ3n) is 3.19. The number of ketones is 1. The van der Waals surface area contributed by atoms with E-state index in [1.54, 1.807) is 12.1 Å². The largest absolute Gasteiger partial charge is 0.376 e. The van der Waals surface area contributed by atoms with E-state index in [2.05, 4.69) is 16.7 Å². The van der Waals surface area contributed by atoms with Gasteiger partial charge < -0.3 is 10.6 Å². The van der Waals surface area contributed by atoms with E-state index >= 15 is 0 Å².